The van der Waals surface area contributed by atoms with E-state index in [1.807, 2.05) is 25.1 Å². The van der Waals surface area contributed by atoms with Crippen LogP contribution in [0.15, 0.2) is 40.9 Å². The summed E-state index contributed by atoms with van der Waals surface area (Å²) in [4.78, 5) is 10.9. The molecule has 0 amide bonds. The predicted octanol–water partition coefficient (Wildman–Crippen LogP) is 4.16. The minimum Gasteiger partial charge on any atom is -0.493 e. The van der Waals surface area contributed by atoms with Crippen LogP contribution >= 0.6 is 15.9 Å². The zero-order valence-electron chi connectivity index (χ0n) is 11.4. The highest BCUT2D eigenvalue weighted by Gasteiger charge is 2.10. The fourth-order valence-corrected chi connectivity index (χ4v) is 2.29. The molecule has 20 heavy (non-hydrogen) atoms. The second-order valence-electron chi connectivity index (χ2n) is 4.42. The van der Waals surface area contributed by atoms with Crippen molar-refractivity contribution >= 4 is 22.2 Å². The van der Waals surface area contributed by atoms with E-state index in [1.54, 1.807) is 19.2 Å². The highest BCUT2D eigenvalue weighted by molar-refractivity contribution is 9.10. The number of methoxy groups -OCH3 is 1. The second-order valence-corrected chi connectivity index (χ2v) is 5.27. The van der Waals surface area contributed by atoms with Crippen LogP contribution in [0.3, 0.4) is 0 Å². The summed E-state index contributed by atoms with van der Waals surface area (Å²) in [6.45, 7) is 2.49. The van der Waals surface area contributed by atoms with Crippen molar-refractivity contribution in [3.63, 3.8) is 0 Å². The number of rotatable bonds is 5. The van der Waals surface area contributed by atoms with E-state index in [0.717, 1.165) is 11.8 Å². The van der Waals surface area contributed by atoms with Crippen LogP contribution in [-0.2, 0) is 6.61 Å². The van der Waals surface area contributed by atoms with Gasteiger partial charge in [-0.15, -0.1) is 0 Å². The van der Waals surface area contributed by atoms with Gasteiger partial charge < -0.3 is 9.47 Å². The molecular formula is C16H15BrO3. The summed E-state index contributed by atoms with van der Waals surface area (Å²) in [5.74, 6) is 1.15. The summed E-state index contributed by atoms with van der Waals surface area (Å²) < 4.78 is 11.7. The molecule has 0 saturated carbocycles. The molecule has 0 heterocycles. The highest BCUT2D eigenvalue weighted by Crippen LogP contribution is 2.33. The molecule has 0 aliphatic heterocycles. The lowest BCUT2D eigenvalue weighted by Crippen LogP contribution is -1.99. The van der Waals surface area contributed by atoms with Gasteiger partial charge in [-0.25, -0.2) is 0 Å². The lowest BCUT2D eigenvalue weighted by molar-refractivity contribution is 0.112. The number of benzene rings is 2. The molecule has 104 valence electrons. The topological polar surface area (TPSA) is 35.5 Å². The molecule has 2 aromatic rings. The molecule has 0 fully saturated rings. The molecule has 0 N–H and O–H groups in total. The van der Waals surface area contributed by atoms with E-state index in [2.05, 4.69) is 22.0 Å². The summed E-state index contributed by atoms with van der Waals surface area (Å²) in [6, 6.07) is 11.5. The van der Waals surface area contributed by atoms with Crippen LogP contribution in [0.25, 0.3) is 0 Å². The predicted molar refractivity (Wildman–Crippen MR) is 81.6 cm³/mol. The molecule has 0 atom stereocenters. The van der Waals surface area contributed by atoms with Gasteiger partial charge in [-0.3, -0.25) is 4.79 Å². The number of aldehydes is 1. The molecule has 0 unspecified atom stereocenters. The molecule has 0 aromatic heterocycles. The highest BCUT2D eigenvalue weighted by atomic mass is 79.9. The van der Waals surface area contributed by atoms with Crippen molar-refractivity contribution in [2.75, 3.05) is 7.11 Å². The standard InChI is InChI=1S/C16H15BrO3/c1-11-4-3-5-12(6-11)10-20-16-8-14(17)13(9-18)7-15(16)19-2/h3-9H,10H2,1-2H3. The molecular weight excluding hydrogens is 320 g/mol. The van der Waals surface area contributed by atoms with E-state index in [0.29, 0.717) is 28.1 Å². The van der Waals surface area contributed by atoms with Crippen LogP contribution in [0, 0.1) is 6.92 Å². The number of ether oxygens (including phenoxy) is 2. The minimum atomic E-state index is 0.449. The summed E-state index contributed by atoms with van der Waals surface area (Å²) in [6.07, 6.45) is 0.775. The summed E-state index contributed by atoms with van der Waals surface area (Å²) in [5, 5.41) is 0. The van der Waals surface area contributed by atoms with Crippen LogP contribution in [0.4, 0.5) is 0 Å². The summed E-state index contributed by atoms with van der Waals surface area (Å²) >= 11 is 3.34. The Kier molecular flexibility index (Phi) is 4.79. The van der Waals surface area contributed by atoms with Gasteiger partial charge in [0.2, 0.25) is 0 Å². The molecule has 2 aromatic carbocycles. The van der Waals surface area contributed by atoms with E-state index >= 15 is 0 Å². The Morgan fingerprint density at radius 1 is 1.20 bits per heavy atom. The average Bonchev–Trinajstić information content (AvgIpc) is 2.45. The lowest BCUT2D eigenvalue weighted by atomic mass is 10.1. The van der Waals surface area contributed by atoms with Crippen molar-refractivity contribution in [3.05, 3.63) is 57.6 Å². The molecule has 0 aliphatic rings. The normalized spacial score (nSPS) is 10.2. The Morgan fingerprint density at radius 2 is 2.00 bits per heavy atom. The minimum absolute atomic E-state index is 0.449. The summed E-state index contributed by atoms with van der Waals surface area (Å²) in [5.41, 5.74) is 2.81. The smallest absolute Gasteiger partial charge is 0.162 e. The molecule has 0 aliphatic carbocycles. The Hall–Kier alpha value is -1.81. The molecule has 0 saturated heterocycles. The van der Waals surface area contributed by atoms with Gasteiger partial charge in [0, 0.05) is 10.0 Å². The zero-order chi connectivity index (χ0) is 14.5. The number of hydrogen-bond donors (Lipinski definition) is 0. The first-order valence-electron chi connectivity index (χ1n) is 6.15. The van der Waals surface area contributed by atoms with Gasteiger partial charge in [0.05, 0.1) is 7.11 Å². The first-order valence-corrected chi connectivity index (χ1v) is 6.94. The van der Waals surface area contributed by atoms with E-state index in [-0.39, 0.29) is 0 Å². The first kappa shape index (κ1) is 14.6. The van der Waals surface area contributed by atoms with Crippen molar-refractivity contribution in [1.29, 1.82) is 0 Å². The van der Waals surface area contributed by atoms with Gasteiger partial charge in [-0.05, 0) is 40.5 Å². The molecule has 0 bridgehead atoms. The van der Waals surface area contributed by atoms with Crippen LogP contribution in [0.2, 0.25) is 0 Å². The maximum absolute atomic E-state index is 10.9. The third kappa shape index (κ3) is 3.39. The Bertz CT molecular complexity index is 623. The van der Waals surface area contributed by atoms with Gasteiger partial charge in [0.1, 0.15) is 6.61 Å². The first-order chi connectivity index (χ1) is 9.63. The molecule has 0 radical (unpaired) electrons. The number of carbonyl (C=O) groups is 1. The largest absolute Gasteiger partial charge is 0.493 e. The molecule has 3 nitrogen and oxygen atoms in total. The Balaban J connectivity index is 2.20. The lowest BCUT2D eigenvalue weighted by Gasteiger charge is -2.12. The van der Waals surface area contributed by atoms with E-state index < -0.39 is 0 Å². The van der Waals surface area contributed by atoms with Crippen LogP contribution in [0.1, 0.15) is 21.5 Å². The fourth-order valence-electron chi connectivity index (χ4n) is 1.88. The number of aryl methyl sites for hydroxylation is 1. The SMILES string of the molecule is COc1cc(C=O)c(Br)cc1OCc1cccc(C)c1. The maximum atomic E-state index is 10.9. The van der Waals surface area contributed by atoms with E-state index in [4.69, 9.17) is 9.47 Å². The van der Waals surface area contributed by atoms with Crippen molar-refractivity contribution < 1.29 is 14.3 Å². The van der Waals surface area contributed by atoms with Crippen molar-refractivity contribution in [2.45, 2.75) is 13.5 Å². The maximum Gasteiger partial charge on any atom is 0.162 e. The van der Waals surface area contributed by atoms with Gasteiger partial charge in [0.15, 0.2) is 17.8 Å². The van der Waals surface area contributed by atoms with Crippen LogP contribution in [0.5, 0.6) is 11.5 Å². The number of carbonyl (C=O) groups excluding carboxylic acids is 1. The van der Waals surface area contributed by atoms with Crippen molar-refractivity contribution in [3.8, 4) is 11.5 Å². The zero-order valence-corrected chi connectivity index (χ0v) is 12.9. The van der Waals surface area contributed by atoms with E-state index in [1.165, 1.54) is 5.56 Å². The third-order valence-corrected chi connectivity index (χ3v) is 3.57. The van der Waals surface area contributed by atoms with Gasteiger partial charge in [-0.2, -0.15) is 0 Å². The van der Waals surface area contributed by atoms with Gasteiger partial charge in [0.25, 0.3) is 0 Å². The van der Waals surface area contributed by atoms with Crippen molar-refractivity contribution in [1.82, 2.24) is 0 Å². The van der Waals surface area contributed by atoms with Crippen LogP contribution in [-0.4, -0.2) is 13.4 Å². The molecule has 0 spiro atoms. The monoisotopic (exact) mass is 334 g/mol. The van der Waals surface area contributed by atoms with Crippen LogP contribution < -0.4 is 9.47 Å². The quantitative estimate of drug-likeness (QED) is 0.770. The Morgan fingerprint density at radius 3 is 2.65 bits per heavy atom. The number of halogens is 1. The van der Waals surface area contributed by atoms with Crippen molar-refractivity contribution in [2.24, 2.45) is 0 Å². The average molecular weight is 335 g/mol. The molecule has 4 heteroatoms. The summed E-state index contributed by atoms with van der Waals surface area (Å²) in [7, 11) is 1.55. The molecule has 2 rings (SSSR count). The Labute approximate surface area is 126 Å². The third-order valence-electron chi connectivity index (χ3n) is 2.89. The number of hydrogen-bond acceptors (Lipinski definition) is 3. The second kappa shape index (κ2) is 6.57. The van der Waals surface area contributed by atoms with Gasteiger partial charge >= 0.3 is 0 Å². The van der Waals surface area contributed by atoms with Gasteiger partial charge in [-0.1, -0.05) is 29.8 Å². The fraction of sp³-hybridized carbons (Fsp3) is 0.188. The van der Waals surface area contributed by atoms with E-state index in [9.17, 15) is 4.79 Å².